The molecule has 4 heteroatoms. The van der Waals surface area contributed by atoms with Crippen LogP contribution in [0.1, 0.15) is 10.5 Å². The van der Waals surface area contributed by atoms with Gasteiger partial charge in [0.05, 0.1) is 0 Å². The summed E-state index contributed by atoms with van der Waals surface area (Å²) in [7, 11) is 0. The molecule has 0 atom stereocenters. The molecule has 1 aromatic heterocycles. The van der Waals surface area contributed by atoms with E-state index >= 15 is 0 Å². The molecule has 98 valence electrons. The van der Waals surface area contributed by atoms with Crippen molar-refractivity contribution in [1.82, 2.24) is 4.98 Å². The lowest BCUT2D eigenvalue weighted by Crippen LogP contribution is -2.13. The van der Waals surface area contributed by atoms with E-state index in [0.29, 0.717) is 10.7 Å². The van der Waals surface area contributed by atoms with Gasteiger partial charge in [0.2, 0.25) is 0 Å². The molecular formula is C16H11ClN2O. The van der Waals surface area contributed by atoms with E-state index in [9.17, 15) is 4.79 Å². The molecule has 0 unspecified atom stereocenters. The SMILES string of the molecule is O=C(Nc1cccc2ccccc12)c1cc(Cl)ccn1. The number of halogens is 1. The van der Waals surface area contributed by atoms with Crippen molar-refractivity contribution in [3.8, 4) is 0 Å². The van der Waals surface area contributed by atoms with Crippen LogP contribution in [0.5, 0.6) is 0 Å². The van der Waals surface area contributed by atoms with Crippen LogP contribution >= 0.6 is 11.6 Å². The first-order valence-electron chi connectivity index (χ1n) is 6.15. The number of hydrogen-bond donors (Lipinski definition) is 1. The Bertz CT molecular complexity index is 781. The van der Waals surface area contributed by atoms with Crippen molar-refractivity contribution in [1.29, 1.82) is 0 Å². The Morgan fingerprint density at radius 2 is 1.85 bits per heavy atom. The molecule has 0 spiro atoms. The molecule has 1 amide bonds. The monoisotopic (exact) mass is 282 g/mol. The molecule has 3 aromatic rings. The Balaban J connectivity index is 1.95. The van der Waals surface area contributed by atoms with Crippen molar-refractivity contribution in [2.45, 2.75) is 0 Å². The average molecular weight is 283 g/mol. The topological polar surface area (TPSA) is 42.0 Å². The molecule has 0 radical (unpaired) electrons. The zero-order chi connectivity index (χ0) is 13.9. The van der Waals surface area contributed by atoms with Crippen molar-refractivity contribution in [2.75, 3.05) is 5.32 Å². The highest BCUT2D eigenvalue weighted by molar-refractivity contribution is 6.31. The number of carbonyl (C=O) groups excluding carboxylic acids is 1. The van der Waals surface area contributed by atoms with E-state index in [1.807, 2.05) is 42.5 Å². The number of aromatic nitrogens is 1. The van der Waals surface area contributed by atoms with Gasteiger partial charge in [-0.3, -0.25) is 9.78 Å². The van der Waals surface area contributed by atoms with Crippen molar-refractivity contribution < 1.29 is 4.79 Å². The first kappa shape index (κ1) is 12.6. The normalized spacial score (nSPS) is 10.4. The fraction of sp³-hybridized carbons (Fsp3) is 0. The molecule has 20 heavy (non-hydrogen) atoms. The van der Waals surface area contributed by atoms with Crippen LogP contribution in [0.3, 0.4) is 0 Å². The Labute approximate surface area is 121 Å². The molecule has 0 fully saturated rings. The summed E-state index contributed by atoms with van der Waals surface area (Å²) >= 11 is 5.87. The van der Waals surface area contributed by atoms with Gasteiger partial charge in [-0.2, -0.15) is 0 Å². The molecule has 0 aliphatic heterocycles. The maximum atomic E-state index is 12.2. The van der Waals surface area contributed by atoms with E-state index in [-0.39, 0.29) is 5.91 Å². The zero-order valence-corrected chi connectivity index (χ0v) is 11.3. The minimum Gasteiger partial charge on any atom is -0.320 e. The highest BCUT2D eigenvalue weighted by Crippen LogP contribution is 2.23. The van der Waals surface area contributed by atoms with Crippen molar-refractivity contribution in [2.24, 2.45) is 0 Å². The highest BCUT2D eigenvalue weighted by Gasteiger charge is 2.09. The quantitative estimate of drug-likeness (QED) is 0.767. The van der Waals surface area contributed by atoms with Crippen LogP contribution in [0.15, 0.2) is 60.8 Å². The van der Waals surface area contributed by atoms with Gasteiger partial charge in [-0.25, -0.2) is 0 Å². The molecule has 0 aliphatic rings. The lowest BCUT2D eigenvalue weighted by Gasteiger charge is -2.08. The van der Waals surface area contributed by atoms with Crippen LogP contribution in [0.2, 0.25) is 5.02 Å². The Morgan fingerprint density at radius 1 is 1.05 bits per heavy atom. The van der Waals surface area contributed by atoms with Crippen LogP contribution in [0.4, 0.5) is 5.69 Å². The molecule has 2 aromatic carbocycles. The molecule has 3 rings (SSSR count). The van der Waals surface area contributed by atoms with E-state index in [4.69, 9.17) is 11.6 Å². The minimum absolute atomic E-state index is 0.274. The van der Waals surface area contributed by atoms with Crippen molar-refractivity contribution >= 4 is 34.0 Å². The van der Waals surface area contributed by atoms with Gasteiger partial charge < -0.3 is 5.32 Å². The first-order chi connectivity index (χ1) is 9.74. The summed E-state index contributed by atoms with van der Waals surface area (Å²) in [5.41, 5.74) is 1.06. The fourth-order valence-electron chi connectivity index (χ4n) is 2.05. The number of hydrogen-bond acceptors (Lipinski definition) is 2. The van der Waals surface area contributed by atoms with E-state index in [1.165, 1.54) is 6.20 Å². The molecule has 0 bridgehead atoms. The van der Waals surface area contributed by atoms with Gasteiger partial charge in [0.1, 0.15) is 5.69 Å². The summed E-state index contributed by atoms with van der Waals surface area (Å²) in [5.74, 6) is -0.274. The molecule has 3 nitrogen and oxygen atoms in total. The molecule has 0 saturated carbocycles. The minimum atomic E-state index is -0.274. The second-order valence-corrected chi connectivity index (χ2v) is 4.78. The number of benzene rings is 2. The summed E-state index contributed by atoms with van der Waals surface area (Å²) in [6, 6.07) is 16.8. The zero-order valence-electron chi connectivity index (χ0n) is 10.5. The Morgan fingerprint density at radius 3 is 2.70 bits per heavy atom. The number of carbonyl (C=O) groups is 1. The van der Waals surface area contributed by atoms with Gasteiger partial charge in [0.25, 0.3) is 5.91 Å². The molecular weight excluding hydrogens is 272 g/mol. The largest absolute Gasteiger partial charge is 0.320 e. The first-order valence-corrected chi connectivity index (χ1v) is 6.52. The van der Waals surface area contributed by atoms with Gasteiger partial charge in [-0.1, -0.05) is 48.0 Å². The van der Waals surface area contributed by atoms with Gasteiger partial charge in [-0.05, 0) is 23.6 Å². The van der Waals surface area contributed by atoms with Gasteiger partial charge >= 0.3 is 0 Å². The number of amides is 1. The summed E-state index contributed by atoms with van der Waals surface area (Å²) in [5, 5.41) is 5.42. The van der Waals surface area contributed by atoms with Crippen LogP contribution < -0.4 is 5.32 Å². The summed E-state index contributed by atoms with van der Waals surface area (Å²) in [6.07, 6.45) is 1.51. The van der Waals surface area contributed by atoms with Crippen LogP contribution in [-0.2, 0) is 0 Å². The lowest BCUT2D eigenvalue weighted by molar-refractivity contribution is 0.102. The number of nitrogens with one attached hydrogen (secondary N) is 1. The van der Waals surface area contributed by atoms with Crippen molar-refractivity contribution in [3.63, 3.8) is 0 Å². The molecule has 1 heterocycles. The Hall–Kier alpha value is -2.39. The van der Waals surface area contributed by atoms with Gasteiger partial charge in [-0.15, -0.1) is 0 Å². The maximum absolute atomic E-state index is 12.2. The Kier molecular flexibility index (Phi) is 3.35. The summed E-state index contributed by atoms with van der Waals surface area (Å²) in [4.78, 5) is 16.2. The molecule has 0 aliphatic carbocycles. The van der Waals surface area contributed by atoms with E-state index in [2.05, 4.69) is 10.3 Å². The molecule has 0 saturated heterocycles. The number of fused-ring (bicyclic) bond motifs is 1. The van der Waals surface area contributed by atoms with Crippen LogP contribution in [0, 0.1) is 0 Å². The number of anilines is 1. The third-order valence-electron chi connectivity index (χ3n) is 2.99. The average Bonchev–Trinajstić information content (AvgIpc) is 2.47. The second-order valence-electron chi connectivity index (χ2n) is 4.34. The maximum Gasteiger partial charge on any atom is 0.274 e. The smallest absolute Gasteiger partial charge is 0.274 e. The van der Waals surface area contributed by atoms with Gasteiger partial charge in [0.15, 0.2) is 0 Å². The highest BCUT2D eigenvalue weighted by atomic mass is 35.5. The summed E-state index contributed by atoms with van der Waals surface area (Å²) in [6.45, 7) is 0. The standard InChI is InChI=1S/C16H11ClN2O/c17-12-8-9-18-15(10-12)16(20)19-14-7-3-5-11-4-1-2-6-13(11)14/h1-10H,(H,19,20). The number of pyridine rings is 1. The predicted octanol–water partition coefficient (Wildman–Crippen LogP) is 4.14. The lowest BCUT2D eigenvalue weighted by atomic mass is 10.1. The second kappa shape index (κ2) is 5.31. The fourth-order valence-corrected chi connectivity index (χ4v) is 2.21. The van der Waals surface area contributed by atoms with Gasteiger partial charge in [0, 0.05) is 22.3 Å². The number of rotatable bonds is 2. The van der Waals surface area contributed by atoms with Crippen molar-refractivity contribution in [3.05, 3.63) is 71.5 Å². The van der Waals surface area contributed by atoms with Crippen LogP contribution in [-0.4, -0.2) is 10.9 Å². The third-order valence-corrected chi connectivity index (χ3v) is 3.23. The summed E-state index contributed by atoms with van der Waals surface area (Å²) < 4.78 is 0. The van der Waals surface area contributed by atoms with E-state index in [1.54, 1.807) is 12.1 Å². The number of nitrogens with zero attached hydrogens (tertiary/aromatic N) is 1. The van der Waals surface area contributed by atoms with E-state index < -0.39 is 0 Å². The third kappa shape index (κ3) is 2.49. The van der Waals surface area contributed by atoms with E-state index in [0.717, 1.165) is 16.5 Å². The molecule has 1 N–H and O–H groups in total. The predicted molar refractivity (Wildman–Crippen MR) is 81.1 cm³/mol. The van der Waals surface area contributed by atoms with Crippen LogP contribution in [0.25, 0.3) is 10.8 Å².